The van der Waals surface area contributed by atoms with Gasteiger partial charge in [0.1, 0.15) is 58.1 Å². The summed E-state index contributed by atoms with van der Waals surface area (Å²) in [6, 6.07) is 19.0. The molecule has 6 aliphatic heterocycles. The minimum absolute atomic E-state index is 0.000955. The molecule has 6 saturated heterocycles. The van der Waals surface area contributed by atoms with Gasteiger partial charge in [0, 0.05) is 103 Å². The first-order valence-corrected chi connectivity index (χ1v) is 30.5. The van der Waals surface area contributed by atoms with Crippen molar-refractivity contribution < 1.29 is 55.9 Å². The summed E-state index contributed by atoms with van der Waals surface area (Å²) in [6.07, 6.45) is 20.2. The Labute approximate surface area is 512 Å². The first-order chi connectivity index (χ1) is 43.1. The third-order valence-corrected chi connectivity index (χ3v) is 18.9. The van der Waals surface area contributed by atoms with E-state index in [-0.39, 0.29) is 92.0 Å². The number of aromatic hydroxyl groups is 2. The Bertz CT molecular complexity index is 4020. The molecule has 14 nitrogen and oxygen atoms in total. The molecule has 8 aromatic rings. The number of phenolic OH excluding ortho intramolecular Hbond substituents is 2. The van der Waals surface area contributed by atoms with Crippen LogP contribution in [0.2, 0.25) is 0 Å². The highest BCUT2D eigenvalue weighted by Gasteiger charge is 2.42. The standard InChI is InChI=1S/C28H23F2N3O3.C27H23F2N3O3.2C7H12FN/c1-3-18-22(29)9-6-14-10-17(34)11-21(23(14)18)19-7-8-20-25(24(19)30)31-28(36-2)32-27(20)33-12-15-4-5-16(13-33)26(15)35;1-4-18-22(28)8-5-15-13-16(33)14-21(23(15)18)19-6-7-20-25(24(19)29)30-27(35-3)31-26(20)32-11-9-17(34-2)10-12-32;2*8-6-4-7-2-1-3-9(7)5-6/h1,6-11,15-16,26,34-35H,4-5,12-13H2,2H3;1,5-8,13-14,17,33H,9-12H2,2-3H3;2*6-7H,1-5H2. The van der Waals surface area contributed by atoms with Crippen LogP contribution in [0.1, 0.15) is 75.3 Å². The number of methoxy groups -OCH3 is 3. The molecule has 2 bridgehead atoms. The van der Waals surface area contributed by atoms with Crippen molar-refractivity contribution in [2.24, 2.45) is 11.8 Å². The Kier molecular flexibility index (Phi) is 17.7. The van der Waals surface area contributed by atoms with Crippen molar-refractivity contribution in [3.05, 3.63) is 107 Å². The van der Waals surface area contributed by atoms with E-state index in [0.29, 0.717) is 95.3 Å². The Morgan fingerprint density at radius 1 is 0.528 bits per heavy atom. The lowest BCUT2D eigenvalue weighted by Gasteiger charge is -2.36. The maximum atomic E-state index is 16.2. The van der Waals surface area contributed by atoms with Gasteiger partial charge in [-0.1, -0.05) is 36.1 Å². The molecular weight excluding hydrogens is 1150 g/mol. The molecule has 3 N–H and O–H groups in total. The van der Waals surface area contributed by atoms with Crippen LogP contribution in [0.3, 0.4) is 0 Å². The average Bonchev–Trinajstić information content (AvgIpc) is 1.78. The van der Waals surface area contributed by atoms with Crippen LogP contribution in [-0.2, 0) is 4.74 Å². The number of piperidine rings is 2. The number of fused-ring (bicyclic) bond motifs is 8. The molecule has 2 aromatic heterocycles. The molecule has 7 fully saturated rings. The van der Waals surface area contributed by atoms with Crippen LogP contribution in [-0.4, -0.2) is 155 Å². The predicted molar refractivity (Wildman–Crippen MR) is 332 cm³/mol. The molecule has 8 heterocycles. The Morgan fingerprint density at radius 3 is 1.39 bits per heavy atom. The Hall–Kier alpha value is -8.14. The van der Waals surface area contributed by atoms with Crippen LogP contribution in [0.5, 0.6) is 23.5 Å². The normalized spacial score (nSPS) is 23.1. The highest BCUT2D eigenvalue weighted by Crippen LogP contribution is 2.45. The van der Waals surface area contributed by atoms with Gasteiger partial charge in [0.2, 0.25) is 0 Å². The van der Waals surface area contributed by atoms with Gasteiger partial charge in [0.05, 0.1) is 37.6 Å². The molecule has 89 heavy (non-hydrogen) atoms. The number of rotatable bonds is 7. The molecule has 0 radical (unpaired) electrons. The van der Waals surface area contributed by atoms with Gasteiger partial charge in [0.25, 0.3) is 0 Å². The van der Waals surface area contributed by atoms with Crippen molar-refractivity contribution in [2.45, 2.75) is 101 Å². The van der Waals surface area contributed by atoms with E-state index in [4.69, 9.17) is 27.1 Å². The van der Waals surface area contributed by atoms with Gasteiger partial charge in [-0.2, -0.15) is 19.9 Å². The van der Waals surface area contributed by atoms with Crippen LogP contribution in [0.4, 0.5) is 38.0 Å². The van der Waals surface area contributed by atoms with Gasteiger partial charge in [-0.15, -0.1) is 12.8 Å². The van der Waals surface area contributed by atoms with Gasteiger partial charge in [0.15, 0.2) is 11.6 Å². The zero-order chi connectivity index (χ0) is 62.4. The molecule has 464 valence electrons. The highest BCUT2D eigenvalue weighted by atomic mass is 19.2. The summed E-state index contributed by atoms with van der Waals surface area (Å²) in [5, 5.41) is 33.8. The predicted octanol–water partition coefficient (Wildman–Crippen LogP) is 12.1. The second kappa shape index (κ2) is 25.8. The fourth-order valence-corrected chi connectivity index (χ4v) is 14.6. The van der Waals surface area contributed by atoms with Gasteiger partial charge >= 0.3 is 12.0 Å². The number of halogens is 6. The van der Waals surface area contributed by atoms with Crippen molar-refractivity contribution in [2.75, 3.05) is 83.5 Å². The van der Waals surface area contributed by atoms with Crippen molar-refractivity contribution in [3.8, 4) is 70.5 Å². The molecule has 1 saturated carbocycles. The number of anilines is 2. The summed E-state index contributed by atoms with van der Waals surface area (Å²) in [5.41, 5.74) is 0.874. The summed E-state index contributed by atoms with van der Waals surface area (Å²) in [5.74, 6) is 3.41. The molecule has 1 aliphatic carbocycles. The maximum absolute atomic E-state index is 16.2. The van der Waals surface area contributed by atoms with Gasteiger partial charge in [-0.25, -0.2) is 26.3 Å². The molecular formula is C69H70F6N8O6. The van der Waals surface area contributed by atoms with Crippen molar-refractivity contribution in [3.63, 3.8) is 0 Å². The first-order valence-electron chi connectivity index (χ1n) is 30.5. The summed E-state index contributed by atoms with van der Waals surface area (Å²) in [7, 11) is 4.54. The van der Waals surface area contributed by atoms with Crippen LogP contribution >= 0.6 is 0 Å². The number of aliphatic hydroxyl groups excluding tert-OH is 1. The molecule has 6 aromatic carbocycles. The lowest BCUT2D eigenvalue weighted by Crippen LogP contribution is -2.45. The molecule has 6 atom stereocenters. The van der Waals surface area contributed by atoms with Gasteiger partial charge in [-0.05, 0) is 148 Å². The average molecular weight is 1220 g/mol. The van der Waals surface area contributed by atoms with E-state index in [1.54, 1.807) is 31.4 Å². The molecule has 0 amide bonds. The number of alkyl halides is 2. The maximum Gasteiger partial charge on any atom is 0.318 e. The number of terminal acetylenes is 2. The number of nitrogens with zero attached hydrogens (tertiary/aromatic N) is 8. The van der Waals surface area contributed by atoms with Crippen LogP contribution in [0, 0.1) is 59.8 Å². The lowest BCUT2D eigenvalue weighted by atomic mass is 9.92. The SMILES string of the molecule is C#Cc1c(F)ccc2cc(O)cc(-c3ccc4c(N5CC6CCC(C5)C6O)nc(OC)nc4c3F)c12.C#Cc1c(F)ccc2cc(O)cc(-c3ccc4c(N5CCC(OC)CC5)nc(OC)nc4c3F)c12.FC1CC2CCCN2C1.FC1CC2CCCN2C1. The second-order valence-electron chi connectivity index (χ2n) is 24.2. The molecule has 15 rings (SSSR count). The number of aromatic nitrogens is 4. The lowest BCUT2D eigenvalue weighted by molar-refractivity contribution is 0.0791. The minimum atomic E-state index is -0.659. The van der Waals surface area contributed by atoms with E-state index in [0.717, 1.165) is 51.6 Å². The van der Waals surface area contributed by atoms with Crippen LogP contribution < -0.4 is 19.3 Å². The summed E-state index contributed by atoms with van der Waals surface area (Å²) < 4.78 is 103. The van der Waals surface area contributed by atoms with Crippen LogP contribution in [0.25, 0.3) is 65.6 Å². The van der Waals surface area contributed by atoms with E-state index >= 15 is 8.78 Å². The van der Waals surface area contributed by atoms with E-state index in [1.165, 1.54) is 88.4 Å². The number of benzene rings is 6. The van der Waals surface area contributed by atoms with Crippen molar-refractivity contribution in [1.29, 1.82) is 0 Å². The van der Waals surface area contributed by atoms with E-state index < -0.39 is 35.6 Å². The molecule has 0 spiro atoms. The third-order valence-electron chi connectivity index (χ3n) is 18.9. The third kappa shape index (κ3) is 12.0. The second-order valence-corrected chi connectivity index (χ2v) is 24.2. The summed E-state index contributed by atoms with van der Waals surface area (Å²) in [6.45, 7) is 6.32. The number of hydrogen-bond donors (Lipinski definition) is 3. The number of hydrogen-bond acceptors (Lipinski definition) is 14. The highest BCUT2D eigenvalue weighted by molar-refractivity contribution is 6.05. The van der Waals surface area contributed by atoms with Crippen molar-refractivity contribution >= 4 is 55.0 Å². The van der Waals surface area contributed by atoms with E-state index in [2.05, 4.69) is 51.4 Å². The van der Waals surface area contributed by atoms with Crippen LogP contribution in [0.15, 0.2) is 72.8 Å². The monoisotopic (exact) mass is 1220 g/mol. The molecule has 7 aliphatic rings. The molecule has 6 unspecified atom stereocenters. The number of aliphatic hydroxyl groups is 1. The fourth-order valence-electron chi connectivity index (χ4n) is 14.6. The summed E-state index contributed by atoms with van der Waals surface area (Å²) >= 11 is 0. The van der Waals surface area contributed by atoms with E-state index in [9.17, 15) is 32.9 Å². The Balaban J connectivity index is 0.000000134. The largest absolute Gasteiger partial charge is 0.508 e. The van der Waals surface area contributed by atoms with Gasteiger partial charge in [-0.3, -0.25) is 9.80 Å². The smallest absolute Gasteiger partial charge is 0.318 e. The first kappa shape index (κ1) is 61.1. The quantitative estimate of drug-likeness (QED) is 0.102. The van der Waals surface area contributed by atoms with Crippen molar-refractivity contribution in [1.82, 2.24) is 29.7 Å². The minimum Gasteiger partial charge on any atom is -0.508 e. The van der Waals surface area contributed by atoms with Gasteiger partial charge < -0.3 is 39.3 Å². The number of ether oxygens (including phenoxy) is 3. The zero-order valence-corrected chi connectivity index (χ0v) is 49.8. The number of phenols is 2. The summed E-state index contributed by atoms with van der Waals surface area (Å²) in [4.78, 5) is 26.3. The fraction of sp³-hybridized carbons (Fsp3) is 0.420. The topological polar surface area (TPSA) is 153 Å². The zero-order valence-electron chi connectivity index (χ0n) is 49.8. The Morgan fingerprint density at radius 2 is 0.978 bits per heavy atom. The molecule has 20 heteroatoms. The van der Waals surface area contributed by atoms with E-state index in [1.807, 2.05) is 0 Å².